The fourth-order valence-electron chi connectivity index (χ4n) is 3.43. The van der Waals surface area contributed by atoms with Gasteiger partial charge in [-0.25, -0.2) is 0 Å². The normalized spacial score (nSPS) is 16.9. The molecule has 0 unspecified atom stereocenters. The molecule has 1 amide bonds. The minimum absolute atomic E-state index is 0.0968. The summed E-state index contributed by atoms with van der Waals surface area (Å²) in [6, 6.07) is 5.90. The van der Waals surface area contributed by atoms with Gasteiger partial charge in [-0.15, -0.1) is 0 Å². The second kappa shape index (κ2) is 6.28. The lowest BCUT2D eigenvalue weighted by atomic mass is 9.86. The van der Waals surface area contributed by atoms with E-state index in [0.29, 0.717) is 31.7 Å². The third-order valence-corrected chi connectivity index (χ3v) is 4.65. The van der Waals surface area contributed by atoms with Crippen LogP contribution in [0.4, 0.5) is 0 Å². The Bertz CT molecular complexity index is 788. The average Bonchev–Trinajstić information content (AvgIpc) is 2.91. The fraction of sp³-hybridized carbons (Fsp3) is 0.444. The van der Waals surface area contributed by atoms with Crippen LogP contribution < -0.4 is 5.32 Å². The summed E-state index contributed by atoms with van der Waals surface area (Å²) in [7, 11) is 0. The summed E-state index contributed by atoms with van der Waals surface area (Å²) in [6.07, 6.45) is 0.910. The first-order valence-electron chi connectivity index (χ1n) is 8.11. The van der Waals surface area contributed by atoms with E-state index < -0.39 is 11.5 Å². The molecule has 2 heterocycles. The van der Waals surface area contributed by atoms with E-state index in [0.717, 1.165) is 22.0 Å². The summed E-state index contributed by atoms with van der Waals surface area (Å²) in [5.74, 6) is -1.19. The maximum atomic E-state index is 12.7. The number of carboxylic acid groups (broad SMARTS) is 1. The second-order valence-corrected chi connectivity index (χ2v) is 6.64. The first-order valence-corrected chi connectivity index (χ1v) is 8.11. The van der Waals surface area contributed by atoms with Gasteiger partial charge in [-0.05, 0) is 49.9 Å². The van der Waals surface area contributed by atoms with Crippen LogP contribution in [0.1, 0.15) is 40.9 Å². The molecule has 6 heteroatoms. The third kappa shape index (κ3) is 3.28. The van der Waals surface area contributed by atoms with Crippen molar-refractivity contribution >= 4 is 22.8 Å². The first-order chi connectivity index (χ1) is 11.4. The number of H-pyrrole nitrogens is 1. The topological polar surface area (TPSA) is 91.4 Å². The lowest BCUT2D eigenvalue weighted by Gasteiger charge is -2.36. The smallest absolute Gasteiger partial charge is 0.305 e. The van der Waals surface area contributed by atoms with Crippen LogP contribution in [0.3, 0.4) is 0 Å². The highest BCUT2D eigenvalue weighted by Crippen LogP contribution is 2.26. The van der Waals surface area contributed by atoms with E-state index in [1.54, 1.807) is 0 Å². The van der Waals surface area contributed by atoms with Gasteiger partial charge in [-0.2, -0.15) is 0 Å². The van der Waals surface area contributed by atoms with Gasteiger partial charge in [0.15, 0.2) is 0 Å². The van der Waals surface area contributed by atoms with Gasteiger partial charge in [0.25, 0.3) is 5.91 Å². The molecule has 2 aromatic rings. The van der Waals surface area contributed by atoms with Crippen molar-refractivity contribution in [2.24, 2.45) is 0 Å². The summed E-state index contributed by atoms with van der Waals surface area (Å²) in [5.41, 5.74) is 2.85. The molecule has 1 fully saturated rings. The number of carbonyl (C=O) groups excluding carboxylic acids is 1. The van der Waals surface area contributed by atoms with Crippen molar-refractivity contribution in [3.8, 4) is 0 Å². The molecule has 24 heavy (non-hydrogen) atoms. The van der Waals surface area contributed by atoms with Crippen LogP contribution in [0.25, 0.3) is 10.9 Å². The molecular formula is C18H22N2O4. The molecular weight excluding hydrogens is 308 g/mol. The molecule has 1 aliphatic heterocycles. The van der Waals surface area contributed by atoms with Crippen LogP contribution in [0, 0.1) is 13.8 Å². The van der Waals surface area contributed by atoms with Crippen molar-refractivity contribution in [2.45, 2.75) is 38.6 Å². The number of aromatic amines is 1. The van der Waals surface area contributed by atoms with Crippen molar-refractivity contribution < 1.29 is 19.4 Å². The Labute approximate surface area is 140 Å². The van der Waals surface area contributed by atoms with Crippen LogP contribution in [-0.2, 0) is 9.53 Å². The number of ether oxygens (including phenoxy) is 1. The van der Waals surface area contributed by atoms with E-state index in [2.05, 4.69) is 16.4 Å². The van der Waals surface area contributed by atoms with Gasteiger partial charge < -0.3 is 20.1 Å². The predicted octanol–water partition coefficient (Wildman–Crippen LogP) is 2.54. The minimum atomic E-state index is -0.916. The molecule has 1 aliphatic rings. The Kier molecular flexibility index (Phi) is 4.32. The van der Waals surface area contributed by atoms with Crippen molar-refractivity contribution in [1.82, 2.24) is 10.3 Å². The van der Waals surface area contributed by atoms with E-state index >= 15 is 0 Å². The standard InChI is InChI=1S/C18H22N2O4/c1-11-7-12(2)13-9-15(19-14(13)8-11)17(23)20-18(10-16(21)22)3-5-24-6-4-18/h7-9,19H,3-6,10H2,1-2H3,(H,20,23)(H,21,22). The van der Waals surface area contributed by atoms with Crippen LogP contribution in [0.15, 0.2) is 18.2 Å². The van der Waals surface area contributed by atoms with E-state index in [4.69, 9.17) is 4.74 Å². The Balaban J connectivity index is 1.87. The number of carboxylic acids is 1. The van der Waals surface area contributed by atoms with Crippen molar-refractivity contribution in [3.05, 3.63) is 35.0 Å². The number of hydrogen-bond acceptors (Lipinski definition) is 3. The van der Waals surface area contributed by atoms with Gasteiger partial charge in [0.1, 0.15) is 5.69 Å². The van der Waals surface area contributed by atoms with E-state index in [1.165, 1.54) is 0 Å². The fourth-order valence-corrected chi connectivity index (χ4v) is 3.43. The molecule has 3 N–H and O–H groups in total. The van der Waals surface area contributed by atoms with Crippen molar-refractivity contribution in [1.29, 1.82) is 0 Å². The maximum absolute atomic E-state index is 12.7. The lowest BCUT2D eigenvalue weighted by molar-refractivity contribution is -0.139. The zero-order chi connectivity index (χ0) is 17.3. The van der Waals surface area contributed by atoms with Gasteiger partial charge >= 0.3 is 5.97 Å². The molecule has 128 valence electrons. The molecule has 0 saturated carbocycles. The van der Waals surface area contributed by atoms with Gasteiger partial charge in [0, 0.05) is 24.1 Å². The lowest BCUT2D eigenvalue weighted by Crippen LogP contribution is -2.53. The number of aromatic nitrogens is 1. The van der Waals surface area contributed by atoms with Crippen LogP contribution >= 0.6 is 0 Å². The number of benzene rings is 1. The van der Waals surface area contributed by atoms with Crippen molar-refractivity contribution in [3.63, 3.8) is 0 Å². The first kappa shape index (κ1) is 16.5. The van der Waals surface area contributed by atoms with Crippen LogP contribution in [0.5, 0.6) is 0 Å². The molecule has 1 aromatic carbocycles. The van der Waals surface area contributed by atoms with Gasteiger partial charge in [0.05, 0.1) is 12.0 Å². The summed E-state index contributed by atoms with van der Waals surface area (Å²) < 4.78 is 5.32. The molecule has 1 saturated heterocycles. The Hall–Kier alpha value is -2.34. The average molecular weight is 330 g/mol. The molecule has 0 radical (unpaired) electrons. The largest absolute Gasteiger partial charge is 0.481 e. The summed E-state index contributed by atoms with van der Waals surface area (Å²) >= 11 is 0. The molecule has 6 nitrogen and oxygen atoms in total. The predicted molar refractivity (Wildman–Crippen MR) is 90.3 cm³/mol. The Morgan fingerprint density at radius 2 is 1.96 bits per heavy atom. The molecule has 0 bridgehead atoms. The number of aliphatic carboxylic acids is 1. The number of aryl methyl sites for hydroxylation is 2. The highest BCUT2D eigenvalue weighted by atomic mass is 16.5. The molecule has 0 atom stereocenters. The monoisotopic (exact) mass is 330 g/mol. The van der Waals surface area contributed by atoms with Gasteiger partial charge in [-0.1, -0.05) is 6.07 Å². The number of hydrogen-bond donors (Lipinski definition) is 3. The summed E-state index contributed by atoms with van der Waals surface area (Å²) in [4.78, 5) is 27.0. The van der Waals surface area contributed by atoms with E-state index in [-0.39, 0.29) is 12.3 Å². The number of nitrogens with one attached hydrogen (secondary N) is 2. The zero-order valence-electron chi connectivity index (χ0n) is 13.9. The molecule has 1 aromatic heterocycles. The quantitative estimate of drug-likeness (QED) is 0.803. The van der Waals surface area contributed by atoms with Gasteiger partial charge in [-0.3, -0.25) is 9.59 Å². The highest BCUT2D eigenvalue weighted by molar-refractivity contribution is 5.99. The Morgan fingerprint density at radius 3 is 2.62 bits per heavy atom. The number of fused-ring (bicyclic) bond motifs is 1. The summed E-state index contributed by atoms with van der Waals surface area (Å²) in [6.45, 7) is 4.93. The van der Waals surface area contributed by atoms with Crippen LogP contribution in [0.2, 0.25) is 0 Å². The molecule has 3 rings (SSSR count). The third-order valence-electron chi connectivity index (χ3n) is 4.65. The maximum Gasteiger partial charge on any atom is 0.305 e. The van der Waals surface area contributed by atoms with Crippen LogP contribution in [-0.4, -0.2) is 40.7 Å². The van der Waals surface area contributed by atoms with Gasteiger partial charge in [0.2, 0.25) is 0 Å². The molecule has 0 aliphatic carbocycles. The zero-order valence-corrected chi connectivity index (χ0v) is 13.9. The Morgan fingerprint density at radius 1 is 1.25 bits per heavy atom. The van der Waals surface area contributed by atoms with E-state index in [9.17, 15) is 14.7 Å². The highest BCUT2D eigenvalue weighted by Gasteiger charge is 2.36. The van der Waals surface area contributed by atoms with Crippen molar-refractivity contribution in [2.75, 3.05) is 13.2 Å². The number of amides is 1. The SMILES string of the molecule is Cc1cc(C)c2cc(C(=O)NC3(CC(=O)O)CCOCC3)[nH]c2c1. The molecule has 0 spiro atoms. The number of rotatable bonds is 4. The van der Waals surface area contributed by atoms with E-state index in [1.807, 2.05) is 26.0 Å². The minimum Gasteiger partial charge on any atom is -0.481 e. The second-order valence-electron chi connectivity index (χ2n) is 6.64. The number of carbonyl (C=O) groups is 2. The summed E-state index contributed by atoms with van der Waals surface area (Å²) in [5, 5.41) is 13.1.